The highest BCUT2D eigenvalue weighted by Crippen LogP contribution is 2.37. The zero-order valence-corrected chi connectivity index (χ0v) is 8.94. The van der Waals surface area contributed by atoms with E-state index in [0.717, 1.165) is 21.8 Å². The fraction of sp³-hybridized carbons (Fsp3) is 0.0769. The van der Waals surface area contributed by atoms with Crippen LogP contribution < -0.4 is 5.73 Å². The number of fused-ring (bicyclic) bond motifs is 3. The fourth-order valence-electron chi connectivity index (χ4n) is 2.32. The molecule has 3 rings (SSSR count). The second-order valence-corrected chi connectivity index (χ2v) is 3.97. The Morgan fingerprint density at radius 3 is 2.69 bits per heavy atom. The van der Waals surface area contributed by atoms with Crippen molar-refractivity contribution in [3.05, 3.63) is 36.4 Å². The van der Waals surface area contributed by atoms with Crippen LogP contribution in [0.15, 0.2) is 36.4 Å². The molecule has 1 heterocycles. The molecule has 0 aliphatic heterocycles. The van der Waals surface area contributed by atoms with E-state index in [-0.39, 0.29) is 5.75 Å². The molecule has 0 atom stereocenters. The predicted octanol–water partition coefficient (Wildman–Crippen LogP) is 2.62. The Labute approximate surface area is 92.7 Å². The maximum atomic E-state index is 9.94. The number of phenolic OH excluding ortho intramolecular Hbond substituents is 1. The van der Waals surface area contributed by atoms with Gasteiger partial charge >= 0.3 is 0 Å². The first-order valence-corrected chi connectivity index (χ1v) is 5.14. The molecule has 1 aromatic heterocycles. The summed E-state index contributed by atoms with van der Waals surface area (Å²) in [7, 11) is 1.96. The maximum Gasteiger partial charge on any atom is 0.125 e. The average Bonchev–Trinajstić information content (AvgIpc) is 2.60. The SMILES string of the molecule is Cn1c2ccccc2c2c(O)ccc(N)c21. The lowest BCUT2D eigenvalue weighted by molar-refractivity contribution is 0.482. The highest BCUT2D eigenvalue weighted by atomic mass is 16.3. The molecule has 16 heavy (non-hydrogen) atoms. The Morgan fingerprint density at radius 2 is 1.88 bits per heavy atom. The molecule has 3 nitrogen and oxygen atoms in total. The third-order valence-electron chi connectivity index (χ3n) is 3.06. The topological polar surface area (TPSA) is 51.2 Å². The van der Waals surface area contributed by atoms with E-state index in [1.807, 2.05) is 35.9 Å². The van der Waals surface area contributed by atoms with Crippen molar-refractivity contribution in [3.8, 4) is 5.75 Å². The van der Waals surface area contributed by atoms with Gasteiger partial charge in [-0.25, -0.2) is 0 Å². The normalized spacial score (nSPS) is 11.3. The molecule has 80 valence electrons. The summed E-state index contributed by atoms with van der Waals surface area (Å²) < 4.78 is 2.01. The minimum absolute atomic E-state index is 0.279. The number of nitrogens with two attached hydrogens (primary N) is 1. The van der Waals surface area contributed by atoms with Gasteiger partial charge in [0.15, 0.2) is 0 Å². The Morgan fingerprint density at radius 1 is 1.12 bits per heavy atom. The molecule has 0 saturated heterocycles. The first-order chi connectivity index (χ1) is 7.70. The molecule has 0 unspecified atom stereocenters. The molecule has 0 fully saturated rings. The van der Waals surface area contributed by atoms with Gasteiger partial charge in [-0.05, 0) is 18.2 Å². The standard InChI is InChI=1S/C13H12N2O/c1-15-10-5-3-2-4-8(10)12-11(16)7-6-9(14)13(12)15/h2-7,16H,14H2,1H3. The average molecular weight is 212 g/mol. The zero-order chi connectivity index (χ0) is 11.3. The second-order valence-electron chi connectivity index (χ2n) is 3.97. The van der Waals surface area contributed by atoms with Crippen LogP contribution in [0.4, 0.5) is 5.69 Å². The van der Waals surface area contributed by atoms with Gasteiger partial charge in [-0.2, -0.15) is 0 Å². The molecule has 2 aromatic carbocycles. The molecule has 0 spiro atoms. The monoisotopic (exact) mass is 212 g/mol. The lowest BCUT2D eigenvalue weighted by Crippen LogP contribution is -1.92. The van der Waals surface area contributed by atoms with Gasteiger partial charge < -0.3 is 15.4 Å². The molecule has 0 aliphatic carbocycles. The van der Waals surface area contributed by atoms with Crippen LogP contribution in [0.1, 0.15) is 0 Å². The van der Waals surface area contributed by atoms with E-state index < -0.39 is 0 Å². The number of hydrogen-bond donors (Lipinski definition) is 2. The zero-order valence-electron chi connectivity index (χ0n) is 8.94. The summed E-state index contributed by atoms with van der Waals surface area (Å²) in [5, 5.41) is 11.8. The van der Waals surface area contributed by atoms with Crippen LogP contribution in [0, 0.1) is 0 Å². The summed E-state index contributed by atoms with van der Waals surface area (Å²) in [6.07, 6.45) is 0. The summed E-state index contributed by atoms with van der Waals surface area (Å²) in [4.78, 5) is 0. The summed E-state index contributed by atoms with van der Waals surface area (Å²) in [5.41, 5.74) is 8.61. The quantitative estimate of drug-likeness (QED) is 0.444. The number of rotatable bonds is 0. The summed E-state index contributed by atoms with van der Waals surface area (Å²) in [5.74, 6) is 0.279. The number of hydrogen-bond acceptors (Lipinski definition) is 2. The Balaban J connectivity index is 2.72. The van der Waals surface area contributed by atoms with Gasteiger partial charge in [-0.15, -0.1) is 0 Å². The van der Waals surface area contributed by atoms with E-state index in [2.05, 4.69) is 0 Å². The van der Waals surface area contributed by atoms with E-state index >= 15 is 0 Å². The number of benzene rings is 2. The molecule has 0 bridgehead atoms. The van der Waals surface area contributed by atoms with Crippen LogP contribution in [0.2, 0.25) is 0 Å². The minimum Gasteiger partial charge on any atom is -0.507 e. The number of nitrogen functional groups attached to an aromatic ring is 1. The highest BCUT2D eigenvalue weighted by molar-refractivity contribution is 6.14. The van der Waals surface area contributed by atoms with Gasteiger partial charge in [0.05, 0.1) is 16.6 Å². The van der Waals surface area contributed by atoms with Crippen molar-refractivity contribution in [1.29, 1.82) is 0 Å². The number of aromatic nitrogens is 1. The smallest absolute Gasteiger partial charge is 0.125 e. The third kappa shape index (κ3) is 0.972. The van der Waals surface area contributed by atoms with Crippen molar-refractivity contribution < 1.29 is 5.11 Å². The van der Waals surface area contributed by atoms with Crippen LogP contribution in [0.25, 0.3) is 21.8 Å². The van der Waals surface area contributed by atoms with Crippen molar-refractivity contribution in [1.82, 2.24) is 4.57 Å². The van der Waals surface area contributed by atoms with Crippen LogP contribution >= 0.6 is 0 Å². The third-order valence-corrected chi connectivity index (χ3v) is 3.06. The van der Waals surface area contributed by atoms with E-state index in [0.29, 0.717) is 5.69 Å². The van der Waals surface area contributed by atoms with E-state index in [4.69, 9.17) is 5.73 Å². The van der Waals surface area contributed by atoms with Crippen molar-refractivity contribution in [2.24, 2.45) is 7.05 Å². The highest BCUT2D eigenvalue weighted by Gasteiger charge is 2.13. The first-order valence-electron chi connectivity index (χ1n) is 5.14. The molecule has 0 amide bonds. The van der Waals surface area contributed by atoms with Gasteiger partial charge in [0.2, 0.25) is 0 Å². The Bertz CT molecular complexity index is 698. The minimum atomic E-state index is 0.279. The molecule has 0 saturated carbocycles. The van der Waals surface area contributed by atoms with E-state index in [1.54, 1.807) is 12.1 Å². The molecule has 3 aromatic rings. The molecule has 3 N–H and O–H groups in total. The van der Waals surface area contributed by atoms with Gasteiger partial charge in [-0.3, -0.25) is 0 Å². The number of aromatic hydroxyl groups is 1. The van der Waals surface area contributed by atoms with E-state index in [1.165, 1.54) is 0 Å². The Hall–Kier alpha value is -2.16. The van der Waals surface area contributed by atoms with Crippen molar-refractivity contribution in [3.63, 3.8) is 0 Å². The fourth-order valence-corrected chi connectivity index (χ4v) is 2.32. The van der Waals surface area contributed by atoms with Crippen LogP contribution in [-0.4, -0.2) is 9.67 Å². The molecule has 0 radical (unpaired) electrons. The predicted molar refractivity (Wildman–Crippen MR) is 66.5 cm³/mol. The van der Waals surface area contributed by atoms with Crippen LogP contribution in [-0.2, 0) is 7.05 Å². The Kier molecular flexibility index (Phi) is 1.66. The lowest BCUT2D eigenvalue weighted by atomic mass is 10.1. The maximum absolute atomic E-state index is 9.94. The number of anilines is 1. The van der Waals surface area contributed by atoms with Crippen molar-refractivity contribution >= 4 is 27.5 Å². The lowest BCUT2D eigenvalue weighted by Gasteiger charge is -2.02. The van der Waals surface area contributed by atoms with Crippen LogP contribution in [0.5, 0.6) is 5.75 Å². The van der Waals surface area contributed by atoms with E-state index in [9.17, 15) is 5.11 Å². The number of para-hydroxylation sites is 1. The van der Waals surface area contributed by atoms with Gasteiger partial charge in [-0.1, -0.05) is 18.2 Å². The van der Waals surface area contributed by atoms with Crippen molar-refractivity contribution in [2.45, 2.75) is 0 Å². The van der Waals surface area contributed by atoms with Crippen molar-refractivity contribution in [2.75, 3.05) is 5.73 Å². The van der Waals surface area contributed by atoms with Gasteiger partial charge in [0.1, 0.15) is 5.75 Å². The van der Waals surface area contributed by atoms with Gasteiger partial charge in [0, 0.05) is 18.0 Å². The van der Waals surface area contributed by atoms with Crippen LogP contribution in [0.3, 0.4) is 0 Å². The molecular weight excluding hydrogens is 200 g/mol. The largest absolute Gasteiger partial charge is 0.507 e. The van der Waals surface area contributed by atoms with Gasteiger partial charge in [0.25, 0.3) is 0 Å². The first kappa shape index (κ1) is 9.09. The number of aryl methyl sites for hydroxylation is 1. The molecule has 3 heteroatoms. The second kappa shape index (κ2) is 2.92. The summed E-state index contributed by atoms with van der Waals surface area (Å²) >= 11 is 0. The summed E-state index contributed by atoms with van der Waals surface area (Å²) in [6, 6.07) is 11.3. The summed E-state index contributed by atoms with van der Waals surface area (Å²) in [6.45, 7) is 0. The molecule has 0 aliphatic rings. The number of phenols is 1. The number of nitrogens with zero attached hydrogens (tertiary/aromatic N) is 1. The molecular formula is C13H12N2O.